The molecule has 0 aliphatic carbocycles. The van der Waals surface area contributed by atoms with Gasteiger partial charge in [-0.1, -0.05) is 48.5 Å². The second kappa shape index (κ2) is 7.69. The maximum atomic E-state index is 13.0. The minimum absolute atomic E-state index is 0.0359. The van der Waals surface area contributed by atoms with Gasteiger partial charge in [0.1, 0.15) is 5.76 Å². The Hall–Kier alpha value is -3.40. The Morgan fingerprint density at radius 1 is 1.00 bits per heavy atom. The smallest absolute Gasteiger partial charge is 0.227 e. The highest BCUT2D eigenvalue weighted by molar-refractivity contribution is 5.98. The van der Waals surface area contributed by atoms with E-state index in [0.29, 0.717) is 13.0 Å². The molecule has 0 unspecified atom stereocenters. The first-order chi connectivity index (χ1) is 13.6. The largest absolute Gasteiger partial charge is 0.467 e. The molecule has 28 heavy (non-hydrogen) atoms. The van der Waals surface area contributed by atoms with Crippen LogP contribution in [0.4, 0.5) is 0 Å². The second-order valence-corrected chi connectivity index (χ2v) is 6.94. The van der Waals surface area contributed by atoms with Crippen LogP contribution in [0, 0.1) is 6.92 Å². The molecule has 0 spiro atoms. The molecule has 0 N–H and O–H groups in total. The van der Waals surface area contributed by atoms with E-state index >= 15 is 0 Å². The number of carbonyl (C=O) groups excluding carboxylic acids is 1. The second-order valence-electron chi connectivity index (χ2n) is 6.94. The third kappa shape index (κ3) is 3.54. The molecule has 4 rings (SSSR count). The maximum Gasteiger partial charge on any atom is 0.227 e. The number of hydrogen-bond acceptors (Lipinski definition) is 3. The van der Waals surface area contributed by atoms with Crippen molar-refractivity contribution < 1.29 is 9.21 Å². The molecule has 0 fully saturated rings. The van der Waals surface area contributed by atoms with Gasteiger partial charge in [-0.15, -0.1) is 0 Å². The number of rotatable bonds is 5. The number of furan rings is 1. The molecule has 140 valence electrons. The maximum absolute atomic E-state index is 13.0. The Balaban J connectivity index is 1.76. The van der Waals surface area contributed by atoms with Crippen molar-refractivity contribution in [3.63, 3.8) is 0 Å². The lowest BCUT2D eigenvalue weighted by atomic mass is 9.92. The summed E-state index contributed by atoms with van der Waals surface area (Å²) in [5.41, 5.74) is 4.99. The van der Waals surface area contributed by atoms with Crippen molar-refractivity contribution in [1.29, 1.82) is 0 Å². The van der Waals surface area contributed by atoms with Crippen molar-refractivity contribution in [3.8, 4) is 11.1 Å². The van der Waals surface area contributed by atoms with Crippen molar-refractivity contribution in [3.05, 3.63) is 90.0 Å². The normalized spacial score (nSPS) is 10.9. The van der Waals surface area contributed by atoms with Gasteiger partial charge in [0.15, 0.2) is 0 Å². The average molecular weight is 370 g/mol. The minimum Gasteiger partial charge on any atom is -0.467 e. The Bertz CT molecular complexity index is 1100. The number of fused-ring (bicyclic) bond motifs is 1. The van der Waals surface area contributed by atoms with Crippen molar-refractivity contribution in [1.82, 2.24) is 9.88 Å². The summed E-state index contributed by atoms with van der Waals surface area (Å²) in [5, 5.41) is 1.07. The van der Waals surface area contributed by atoms with Crippen LogP contribution in [0.1, 0.15) is 17.0 Å². The summed E-state index contributed by atoms with van der Waals surface area (Å²) in [4.78, 5) is 19.4. The van der Waals surface area contributed by atoms with Gasteiger partial charge in [0.25, 0.3) is 0 Å². The molecule has 0 aliphatic rings. The van der Waals surface area contributed by atoms with Gasteiger partial charge in [-0.05, 0) is 41.8 Å². The summed E-state index contributed by atoms with van der Waals surface area (Å²) in [6.45, 7) is 2.43. The lowest BCUT2D eigenvalue weighted by molar-refractivity contribution is -0.129. The Kier molecular flexibility index (Phi) is 4.94. The fourth-order valence-corrected chi connectivity index (χ4v) is 3.54. The third-order valence-electron chi connectivity index (χ3n) is 4.99. The lowest BCUT2D eigenvalue weighted by Crippen LogP contribution is -2.28. The van der Waals surface area contributed by atoms with E-state index in [4.69, 9.17) is 9.40 Å². The van der Waals surface area contributed by atoms with E-state index in [1.807, 2.05) is 55.5 Å². The molecule has 0 aliphatic heterocycles. The fraction of sp³-hybridized carbons (Fsp3) is 0.167. The van der Waals surface area contributed by atoms with Crippen LogP contribution in [0.5, 0.6) is 0 Å². The first-order valence-corrected chi connectivity index (χ1v) is 9.33. The zero-order chi connectivity index (χ0) is 19.5. The number of likely N-dealkylation sites (N-methyl/N-ethyl adjacent to an activating group) is 1. The Labute approximate surface area is 164 Å². The highest BCUT2D eigenvalue weighted by Gasteiger charge is 2.19. The van der Waals surface area contributed by atoms with Gasteiger partial charge in [0, 0.05) is 18.1 Å². The zero-order valence-corrected chi connectivity index (χ0v) is 16.1. The minimum atomic E-state index is 0.0359. The standard InChI is InChI=1S/C24H22N2O2/c1-17-21(15-23(27)26(2)16-19-11-8-14-28-19)24(18-9-4-3-5-10-18)20-12-6-7-13-22(20)25-17/h3-14H,15-16H2,1-2H3. The van der Waals surface area contributed by atoms with E-state index in [9.17, 15) is 4.79 Å². The van der Waals surface area contributed by atoms with Gasteiger partial charge in [-0.3, -0.25) is 9.78 Å². The third-order valence-corrected chi connectivity index (χ3v) is 4.99. The van der Waals surface area contributed by atoms with E-state index in [0.717, 1.165) is 39.0 Å². The SMILES string of the molecule is Cc1nc2ccccc2c(-c2ccccc2)c1CC(=O)N(C)Cc1ccco1. The highest BCUT2D eigenvalue weighted by atomic mass is 16.3. The van der Waals surface area contributed by atoms with Gasteiger partial charge in [0.05, 0.1) is 24.7 Å². The quantitative estimate of drug-likeness (QED) is 0.496. The number of nitrogens with zero attached hydrogens (tertiary/aromatic N) is 2. The zero-order valence-electron chi connectivity index (χ0n) is 16.1. The molecular weight excluding hydrogens is 348 g/mol. The van der Waals surface area contributed by atoms with Crippen LogP contribution in [0.25, 0.3) is 22.0 Å². The molecule has 0 bridgehead atoms. The van der Waals surface area contributed by atoms with Crippen LogP contribution in [0.3, 0.4) is 0 Å². The first-order valence-electron chi connectivity index (χ1n) is 9.33. The molecule has 4 aromatic rings. The summed E-state index contributed by atoms with van der Waals surface area (Å²) in [5.74, 6) is 0.807. The number of pyridine rings is 1. The van der Waals surface area contributed by atoms with Crippen LogP contribution in [-0.4, -0.2) is 22.8 Å². The highest BCUT2D eigenvalue weighted by Crippen LogP contribution is 2.33. The average Bonchev–Trinajstić information content (AvgIpc) is 3.22. The number of benzene rings is 2. The molecule has 2 aromatic heterocycles. The number of para-hydroxylation sites is 1. The predicted octanol–water partition coefficient (Wildman–Crippen LogP) is 5.00. The number of aryl methyl sites for hydroxylation is 1. The van der Waals surface area contributed by atoms with Crippen LogP contribution < -0.4 is 0 Å². The topological polar surface area (TPSA) is 46.3 Å². The van der Waals surface area contributed by atoms with Crippen molar-refractivity contribution >= 4 is 16.8 Å². The number of aromatic nitrogens is 1. The summed E-state index contributed by atoms with van der Waals surface area (Å²) in [6.07, 6.45) is 1.92. The summed E-state index contributed by atoms with van der Waals surface area (Å²) < 4.78 is 5.37. The molecule has 1 amide bonds. The molecule has 4 heteroatoms. The van der Waals surface area contributed by atoms with Gasteiger partial charge >= 0.3 is 0 Å². The van der Waals surface area contributed by atoms with Gasteiger partial charge < -0.3 is 9.32 Å². The molecule has 2 heterocycles. The fourth-order valence-electron chi connectivity index (χ4n) is 3.54. The van der Waals surface area contributed by atoms with E-state index in [1.165, 1.54) is 0 Å². The van der Waals surface area contributed by atoms with Crippen LogP contribution in [-0.2, 0) is 17.8 Å². The molecule has 2 aromatic carbocycles. The number of amides is 1. The molecule has 0 saturated heterocycles. The summed E-state index contributed by atoms with van der Waals surface area (Å²) >= 11 is 0. The molecule has 4 nitrogen and oxygen atoms in total. The Morgan fingerprint density at radius 3 is 2.50 bits per heavy atom. The van der Waals surface area contributed by atoms with Gasteiger partial charge in [0.2, 0.25) is 5.91 Å². The van der Waals surface area contributed by atoms with E-state index in [2.05, 4.69) is 18.2 Å². The van der Waals surface area contributed by atoms with Crippen LogP contribution in [0.2, 0.25) is 0 Å². The number of hydrogen-bond donors (Lipinski definition) is 0. The molecule has 0 atom stereocenters. The van der Waals surface area contributed by atoms with Crippen molar-refractivity contribution in [2.45, 2.75) is 19.9 Å². The van der Waals surface area contributed by atoms with Gasteiger partial charge in [-0.25, -0.2) is 0 Å². The molecular formula is C24H22N2O2. The lowest BCUT2D eigenvalue weighted by Gasteiger charge is -2.19. The number of carbonyl (C=O) groups is 1. The Morgan fingerprint density at radius 2 is 1.75 bits per heavy atom. The van der Waals surface area contributed by atoms with Crippen molar-refractivity contribution in [2.24, 2.45) is 0 Å². The van der Waals surface area contributed by atoms with E-state index < -0.39 is 0 Å². The predicted molar refractivity (Wildman–Crippen MR) is 111 cm³/mol. The summed E-state index contributed by atoms with van der Waals surface area (Å²) in [7, 11) is 1.80. The molecule has 0 radical (unpaired) electrons. The van der Waals surface area contributed by atoms with E-state index in [-0.39, 0.29) is 5.91 Å². The first kappa shape index (κ1) is 18.0. The van der Waals surface area contributed by atoms with E-state index in [1.54, 1.807) is 18.2 Å². The monoisotopic (exact) mass is 370 g/mol. The van der Waals surface area contributed by atoms with Gasteiger partial charge in [-0.2, -0.15) is 0 Å². The molecule has 0 saturated carbocycles. The van der Waals surface area contributed by atoms with Crippen molar-refractivity contribution in [2.75, 3.05) is 7.05 Å². The summed E-state index contributed by atoms with van der Waals surface area (Å²) in [6, 6.07) is 22.0. The van der Waals surface area contributed by atoms with Crippen LogP contribution >= 0.6 is 0 Å². The van der Waals surface area contributed by atoms with Crippen LogP contribution in [0.15, 0.2) is 77.4 Å².